The molecule has 0 aromatic heterocycles. The average Bonchev–Trinajstić information content (AvgIpc) is 2.54. The molecule has 0 bridgehead atoms. The number of piperidine rings is 1. The highest BCUT2D eigenvalue weighted by Gasteiger charge is 2.44. The second-order valence-electron chi connectivity index (χ2n) is 5.58. The summed E-state index contributed by atoms with van der Waals surface area (Å²) in [4.78, 5) is 25.2. The van der Waals surface area contributed by atoms with Crippen LogP contribution in [-0.2, 0) is 9.59 Å². The van der Waals surface area contributed by atoms with Gasteiger partial charge in [0.2, 0.25) is 5.91 Å². The van der Waals surface area contributed by atoms with Gasteiger partial charge in [-0.3, -0.25) is 14.5 Å². The number of hydrogen-bond donors (Lipinski definition) is 2. The maximum absolute atomic E-state index is 11.6. The van der Waals surface area contributed by atoms with Crippen LogP contribution in [0, 0.1) is 0 Å². The molecule has 2 fully saturated rings. The zero-order valence-corrected chi connectivity index (χ0v) is 10.9. The van der Waals surface area contributed by atoms with E-state index in [0.717, 1.165) is 32.2 Å². The summed E-state index contributed by atoms with van der Waals surface area (Å²) in [5.74, 6) is -0.706. The van der Waals surface area contributed by atoms with E-state index in [1.165, 1.54) is 0 Å². The highest BCUT2D eigenvalue weighted by atomic mass is 16.4. The molecule has 102 valence electrons. The molecule has 2 N–H and O–H groups in total. The second kappa shape index (κ2) is 5.26. The standard InChI is InChI=1S/C13H22N2O3/c1-13(12(17)18)6-2-3-8-15(13)10-5-4-7-14-11(16)9-10/h10H,2-9H2,1H3,(H,14,16)(H,17,18). The van der Waals surface area contributed by atoms with Crippen molar-refractivity contribution < 1.29 is 14.7 Å². The number of carbonyl (C=O) groups excluding carboxylic acids is 1. The van der Waals surface area contributed by atoms with Gasteiger partial charge in [-0.25, -0.2) is 0 Å². The predicted molar refractivity (Wildman–Crippen MR) is 67.2 cm³/mol. The molecule has 0 saturated carbocycles. The molecule has 2 heterocycles. The minimum absolute atomic E-state index is 0.0517. The van der Waals surface area contributed by atoms with Crippen molar-refractivity contribution in [2.45, 2.75) is 57.0 Å². The number of aliphatic carboxylic acids is 1. The molecule has 2 aliphatic heterocycles. The first-order valence-electron chi connectivity index (χ1n) is 6.81. The van der Waals surface area contributed by atoms with Gasteiger partial charge in [0, 0.05) is 19.0 Å². The first-order valence-corrected chi connectivity index (χ1v) is 6.81. The normalized spacial score (nSPS) is 34.7. The molecular formula is C13H22N2O3. The summed E-state index contributed by atoms with van der Waals surface area (Å²) in [6.07, 6.45) is 4.94. The zero-order chi connectivity index (χ0) is 13.2. The van der Waals surface area contributed by atoms with Crippen LogP contribution in [0.2, 0.25) is 0 Å². The van der Waals surface area contributed by atoms with Gasteiger partial charge in [-0.1, -0.05) is 0 Å². The highest BCUT2D eigenvalue weighted by Crippen LogP contribution is 2.32. The fourth-order valence-electron chi connectivity index (χ4n) is 3.18. The largest absolute Gasteiger partial charge is 0.480 e. The minimum atomic E-state index is -0.798. The lowest BCUT2D eigenvalue weighted by molar-refractivity contribution is -0.156. The number of carboxylic acids is 1. The third kappa shape index (κ3) is 2.51. The lowest BCUT2D eigenvalue weighted by Crippen LogP contribution is -2.59. The quantitative estimate of drug-likeness (QED) is 0.771. The molecule has 5 nitrogen and oxygen atoms in total. The van der Waals surface area contributed by atoms with Crippen LogP contribution in [0.3, 0.4) is 0 Å². The van der Waals surface area contributed by atoms with Gasteiger partial charge < -0.3 is 10.4 Å². The third-order valence-corrected chi connectivity index (χ3v) is 4.31. The van der Waals surface area contributed by atoms with Gasteiger partial charge in [0.25, 0.3) is 0 Å². The van der Waals surface area contributed by atoms with Crippen LogP contribution in [-0.4, -0.2) is 46.6 Å². The van der Waals surface area contributed by atoms with Crippen molar-refractivity contribution in [3.63, 3.8) is 0 Å². The van der Waals surface area contributed by atoms with E-state index in [9.17, 15) is 14.7 Å². The Morgan fingerprint density at radius 2 is 2.22 bits per heavy atom. The van der Waals surface area contributed by atoms with E-state index in [-0.39, 0.29) is 11.9 Å². The van der Waals surface area contributed by atoms with Crippen LogP contribution in [0.5, 0.6) is 0 Å². The Morgan fingerprint density at radius 3 is 2.94 bits per heavy atom. The van der Waals surface area contributed by atoms with E-state index in [2.05, 4.69) is 10.2 Å². The predicted octanol–water partition coefficient (Wildman–Crippen LogP) is 0.984. The fraction of sp³-hybridized carbons (Fsp3) is 0.846. The molecule has 2 atom stereocenters. The van der Waals surface area contributed by atoms with Gasteiger partial charge in [-0.15, -0.1) is 0 Å². The summed E-state index contributed by atoms with van der Waals surface area (Å²) in [6.45, 7) is 3.31. The summed E-state index contributed by atoms with van der Waals surface area (Å²) in [7, 11) is 0. The SMILES string of the molecule is CC1(C(=O)O)CCCCN1C1CCCNC(=O)C1. The van der Waals surface area contributed by atoms with Crippen molar-refractivity contribution in [2.75, 3.05) is 13.1 Å². The van der Waals surface area contributed by atoms with Crippen LogP contribution in [0.4, 0.5) is 0 Å². The molecule has 2 saturated heterocycles. The molecule has 2 rings (SSSR count). The van der Waals surface area contributed by atoms with Gasteiger partial charge in [0.05, 0.1) is 0 Å². The Bertz CT molecular complexity index is 345. The molecule has 1 amide bonds. The number of likely N-dealkylation sites (tertiary alicyclic amines) is 1. The van der Waals surface area contributed by atoms with Crippen LogP contribution >= 0.6 is 0 Å². The van der Waals surface area contributed by atoms with Gasteiger partial charge >= 0.3 is 5.97 Å². The van der Waals surface area contributed by atoms with Gasteiger partial charge in [-0.05, 0) is 45.6 Å². The number of carbonyl (C=O) groups is 2. The number of hydrogen-bond acceptors (Lipinski definition) is 3. The Labute approximate surface area is 108 Å². The molecule has 2 aliphatic rings. The monoisotopic (exact) mass is 254 g/mol. The first kappa shape index (κ1) is 13.3. The van der Waals surface area contributed by atoms with E-state index in [0.29, 0.717) is 19.4 Å². The van der Waals surface area contributed by atoms with Gasteiger partial charge in [0.15, 0.2) is 0 Å². The number of nitrogens with one attached hydrogen (secondary N) is 1. The van der Waals surface area contributed by atoms with Crippen LogP contribution in [0.1, 0.15) is 45.4 Å². The summed E-state index contributed by atoms with van der Waals surface area (Å²) < 4.78 is 0. The number of rotatable bonds is 2. The minimum Gasteiger partial charge on any atom is -0.480 e. The molecule has 0 radical (unpaired) electrons. The lowest BCUT2D eigenvalue weighted by atomic mass is 9.85. The van der Waals surface area contributed by atoms with E-state index in [1.54, 1.807) is 6.92 Å². The maximum atomic E-state index is 11.6. The summed E-state index contributed by atoms with van der Waals surface area (Å²) >= 11 is 0. The lowest BCUT2D eigenvalue weighted by Gasteiger charge is -2.45. The van der Waals surface area contributed by atoms with Crippen molar-refractivity contribution in [3.8, 4) is 0 Å². The summed E-state index contributed by atoms with van der Waals surface area (Å²) in [6, 6.07) is 0.0777. The summed E-state index contributed by atoms with van der Waals surface area (Å²) in [5, 5.41) is 12.3. The van der Waals surface area contributed by atoms with Crippen molar-refractivity contribution in [3.05, 3.63) is 0 Å². The van der Waals surface area contributed by atoms with E-state index in [1.807, 2.05) is 0 Å². The van der Waals surface area contributed by atoms with Gasteiger partial charge in [-0.2, -0.15) is 0 Å². The molecule has 5 heteroatoms. The van der Waals surface area contributed by atoms with Crippen LogP contribution < -0.4 is 5.32 Å². The second-order valence-corrected chi connectivity index (χ2v) is 5.58. The first-order chi connectivity index (χ1) is 8.54. The molecule has 2 unspecified atom stereocenters. The van der Waals surface area contributed by atoms with Crippen molar-refractivity contribution in [1.29, 1.82) is 0 Å². The maximum Gasteiger partial charge on any atom is 0.323 e. The molecule has 0 spiro atoms. The fourth-order valence-corrected chi connectivity index (χ4v) is 3.18. The van der Waals surface area contributed by atoms with Crippen molar-refractivity contribution in [2.24, 2.45) is 0 Å². The summed E-state index contributed by atoms with van der Waals surface area (Å²) in [5.41, 5.74) is -0.798. The van der Waals surface area contributed by atoms with Crippen molar-refractivity contribution >= 4 is 11.9 Å². The Balaban J connectivity index is 2.17. The Hall–Kier alpha value is -1.10. The molecule has 0 aromatic rings. The molecule has 0 aromatic carbocycles. The Kier molecular flexibility index (Phi) is 3.90. The molecule has 0 aliphatic carbocycles. The average molecular weight is 254 g/mol. The zero-order valence-electron chi connectivity index (χ0n) is 10.9. The van der Waals surface area contributed by atoms with Gasteiger partial charge in [0.1, 0.15) is 5.54 Å². The van der Waals surface area contributed by atoms with E-state index in [4.69, 9.17) is 0 Å². The van der Waals surface area contributed by atoms with E-state index < -0.39 is 11.5 Å². The number of carboxylic acid groups (broad SMARTS) is 1. The van der Waals surface area contributed by atoms with Crippen molar-refractivity contribution in [1.82, 2.24) is 10.2 Å². The number of nitrogens with zero attached hydrogens (tertiary/aromatic N) is 1. The van der Waals surface area contributed by atoms with E-state index >= 15 is 0 Å². The highest BCUT2D eigenvalue weighted by molar-refractivity contribution is 5.79. The van der Waals surface area contributed by atoms with Crippen LogP contribution in [0.25, 0.3) is 0 Å². The van der Waals surface area contributed by atoms with Crippen LogP contribution in [0.15, 0.2) is 0 Å². The number of amides is 1. The topological polar surface area (TPSA) is 69.6 Å². The molecule has 18 heavy (non-hydrogen) atoms. The molecular weight excluding hydrogens is 232 g/mol. The Morgan fingerprint density at radius 1 is 1.44 bits per heavy atom. The smallest absolute Gasteiger partial charge is 0.323 e. The third-order valence-electron chi connectivity index (χ3n) is 4.31.